The number of benzene rings is 1. The van der Waals surface area contributed by atoms with Gasteiger partial charge in [-0.1, -0.05) is 11.6 Å². The summed E-state index contributed by atoms with van der Waals surface area (Å²) in [7, 11) is 0. The van der Waals surface area contributed by atoms with Crippen LogP contribution in [0.1, 0.15) is 15.9 Å². The van der Waals surface area contributed by atoms with Gasteiger partial charge in [-0.15, -0.1) is 0 Å². The second-order valence-electron chi connectivity index (χ2n) is 4.86. The third kappa shape index (κ3) is 2.07. The first-order valence-electron chi connectivity index (χ1n) is 6.53. The van der Waals surface area contributed by atoms with Crippen LogP contribution >= 0.6 is 0 Å². The van der Waals surface area contributed by atoms with E-state index in [2.05, 4.69) is 5.32 Å². The monoisotopic (exact) mass is 270 g/mol. The van der Waals surface area contributed by atoms with Crippen LogP contribution in [0.4, 0.5) is 5.69 Å². The number of aryl methyl sites for hydroxylation is 1. The zero-order valence-electron chi connectivity index (χ0n) is 11.2. The molecule has 102 valence electrons. The maximum atomic E-state index is 12.2. The van der Waals surface area contributed by atoms with E-state index in [1.807, 2.05) is 42.1 Å². The zero-order valence-corrected chi connectivity index (χ0v) is 11.2. The first kappa shape index (κ1) is 12.5. The molecule has 5 nitrogen and oxygen atoms in total. The molecule has 20 heavy (non-hydrogen) atoms. The summed E-state index contributed by atoms with van der Waals surface area (Å²) < 4.78 is 2.94. The lowest BCUT2D eigenvalue weighted by atomic mass is 10.1. The van der Waals surface area contributed by atoms with Gasteiger partial charge in [0.15, 0.2) is 5.69 Å². The van der Waals surface area contributed by atoms with E-state index in [1.165, 1.54) is 0 Å². The molecule has 1 aliphatic heterocycles. The fourth-order valence-corrected chi connectivity index (χ4v) is 2.34. The molecule has 0 radical (unpaired) electrons. The summed E-state index contributed by atoms with van der Waals surface area (Å²) in [6, 6.07) is 9.32. The Bertz CT molecular complexity index is 687. The molecule has 2 aromatic rings. The van der Waals surface area contributed by atoms with Crippen molar-refractivity contribution in [2.45, 2.75) is 13.5 Å². The smallest absolute Gasteiger partial charge is 0.350 e. The number of Topliss-reactive ketones (excluding diaryl/α,β-unsaturated/α-hetero) is 1. The quantitative estimate of drug-likeness (QED) is 0.659. The number of amidine groups is 1. The van der Waals surface area contributed by atoms with Crippen molar-refractivity contribution in [1.29, 1.82) is 0 Å². The Morgan fingerprint density at radius 3 is 2.80 bits per heavy atom. The van der Waals surface area contributed by atoms with E-state index < -0.39 is 0 Å². The van der Waals surface area contributed by atoms with Gasteiger partial charge in [0.2, 0.25) is 0 Å². The molecule has 0 amide bonds. The zero-order chi connectivity index (χ0) is 14.1. The van der Waals surface area contributed by atoms with Gasteiger partial charge in [0.05, 0.1) is 12.1 Å². The highest BCUT2D eigenvalue weighted by molar-refractivity contribution is 6.46. The summed E-state index contributed by atoms with van der Waals surface area (Å²) in [5.74, 6) is 0.0523. The molecular formula is C15H16N3O2+. The van der Waals surface area contributed by atoms with Crippen LogP contribution in [0.5, 0.6) is 0 Å². The van der Waals surface area contributed by atoms with Crippen LogP contribution in [0, 0.1) is 6.92 Å². The third-order valence-corrected chi connectivity index (χ3v) is 3.38. The summed E-state index contributed by atoms with van der Waals surface area (Å²) in [5.41, 5.74) is 2.07. The topological polar surface area (TPSA) is 57.3 Å². The number of ketones is 1. The number of carbonyl (C=O) groups is 1. The van der Waals surface area contributed by atoms with Crippen molar-refractivity contribution < 1.29 is 14.7 Å². The number of hydrogen-bond donors (Lipinski definition) is 2. The Labute approximate surface area is 116 Å². The molecule has 0 saturated carbocycles. The van der Waals surface area contributed by atoms with E-state index in [4.69, 9.17) is 0 Å². The van der Waals surface area contributed by atoms with Gasteiger partial charge in [0, 0.05) is 12.4 Å². The van der Waals surface area contributed by atoms with E-state index in [0.29, 0.717) is 17.8 Å². The fourth-order valence-electron chi connectivity index (χ4n) is 2.34. The Hall–Kier alpha value is -2.56. The van der Waals surface area contributed by atoms with Crippen molar-refractivity contribution in [2.75, 3.05) is 6.54 Å². The minimum Gasteiger partial charge on any atom is -0.350 e. The van der Waals surface area contributed by atoms with Crippen LogP contribution in [0.25, 0.3) is 0 Å². The number of nitrogens with zero attached hydrogens (tertiary/aromatic N) is 2. The number of nitrogens with one attached hydrogen (secondary N) is 1. The second-order valence-corrected chi connectivity index (χ2v) is 4.86. The molecule has 0 bridgehead atoms. The molecule has 0 unspecified atom stereocenters. The van der Waals surface area contributed by atoms with Gasteiger partial charge in [0.1, 0.15) is 6.54 Å². The predicted octanol–water partition coefficient (Wildman–Crippen LogP) is 1.71. The highest BCUT2D eigenvalue weighted by Crippen LogP contribution is 2.25. The van der Waals surface area contributed by atoms with E-state index >= 15 is 0 Å². The first-order chi connectivity index (χ1) is 9.66. The Morgan fingerprint density at radius 2 is 2.05 bits per heavy atom. The Kier molecular flexibility index (Phi) is 3.02. The van der Waals surface area contributed by atoms with Crippen molar-refractivity contribution in [3.05, 3.63) is 53.9 Å². The van der Waals surface area contributed by atoms with Gasteiger partial charge in [-0.3, -0.25) is 10.1 Å². The van der Waals surface area contributed by atoms with E-state index in [9.17, 15) is 10.0 Å². The summed E-state index contributed by atoms with van der Waals surface area (Å²) in [4.78, 5) is 12.2. The summed E-state index contributed by atoms with van der Waals surface area (Å²) >= 11 is 0. The molecule has 0 fully saturated rings. The average molecular weight is 270 g/mol. The number of carbonyl (C=O) groups excluding carboxylic acids is 1. The van der Waals surface area contributed by atoms with Gasteiger partial charge in [0.25, 0.3) is 5.78 Å². The van der Waals surface area contributed by atoms with Crippen molar-refractivity contribution >= 4 is 17.3 Å². The van der Waals surface area contributed by atoms with E-state index in [0.717, 1.165) is 16.8 Å². The lowest BCUT2D eigenvalue weighted by Gasteiger charge is -2.01. The van der Waals surface area contributed by atoms with Crippen LogP contribution in [-0.4, -0.2) is 32.7 Å². The molecule has 0 saturated heterocycles. The van der Waals surface area contributed by atoms with Crippen LogP contribution in [0.15, 0.2) is 42.7 Å². The predicted molar refractivity (Wildman–Crippen MR) is 74.7 cm³/mol. The SMILES string of the molecule is Cc1ccc2c(c1)C(=O)C(NCCn1cccc1)=[N+]2O. The molecule has 0 aliphatic carbocycles. The summed E-state index contributed by atoms with van der Waals surface area (Å²) in [5, 5.41) is 13.1. The van der Waals surface area contributed by atoms with E-state index in [1.54, 1.807) is 12.1 Å². The molecule has 0 atom stereocenters. The molecule has 2 heterocycles. The van der Waals surface area contributed by atoms with Crippen LogP contribution in [0.3, 0.4) is 0 Å². The maximum Gasteiger partial charge on any atom is 0.363 e. The molecular weight excluding hydrogens is 254 g/mol. The molecule has 1 aromatic carbocycles. The van der Waals surface area contributed by atoms with Crippen LogP contribution in [0.2, 0.25) is 0 Å². The van der Waals surface area contributed by atoms with E-state index in [-0.39, 0.29) is 11.6 Å². The lowest BCUT2D eigenvalue weighted by Crippen LogP contribution is -2.35. The molecule has 2 N–H and O–H groups in total. The van der Waals surface area contributed by atoms with Crippen molar-refractivity contribution in [2.24, 2.45) is 0 Å². The minimum atomic E-state index is -0.168. The van der Waals surface area contributed by atoms with Gasteiger partial charge in [-0.2, -0.15) is 0 Å². The highest BCUT2D eigenvalue weighted by Gasteiger charge is 2.36. The molecule has 1 aliphatic rings. The number of hydrogen-bond acceptors (Lipinski definition) is 3. The first-order valence-corrected chi connectivity index (χ1v) is 6.53. The van der Waals surface area contributed by atoms with Gasteiger partial charge < -0.3 is 9.77 Å². The minimum absolute atomic E-state index is 0.168. The van der Waals surface area contributed by atoms with Gasteiger partial charge in [-0.05, 0) is 35.9 Å². The molecule has 1 aromatic heterocycles. The van der Waals surface area contributed by atoms with Crippen LogP contribution in [-0.2, 0) is 6.54 Å². The number of aromatic nitrogens is 1. The molecule has 3 rings (SSSR count). The van der Waals surface area contributed by atoms with Crippen LogP contribution < -0.4 is 5.32 Å². The summed E-state index contributed by atoms with van der Waals surface area (Å²) in [6.45, 7) is 3.22. The van der Waals surface area contributed by atoms with Gasteiger partial charge in [-0.25, -0.2) is 0 Å². The standard InChI is InChI=1S/C15H15N3O2/c1-11-4-5-13-12(10-11)14(19)15(18(13)20)16-6-9-17-7-2-3-8-17/h2-5,7-8,10,20H,6,9H2,1H3/p+1. The third-order valence-electron chi connectivity index (χ3n) is 3.38. The van der Waals surface area contributed by atoms with Crippen molar-refractivity contribution in [3.8, 4) is 0 Å². The molecule has 5 heteroatoms. The van der Waals surface area contributed by atoms with Gasteiger partial charge >= 0.3 is 5.84 Å². The largest absolute Gasteiger partial charge is 0.363 e. The maximum absolute atomic E-state index is 12.2. The van der Waals surface area contributed by atoms with Crippen molar-refractivity contribution in [1.82, 2.24) is 9.88 Å². The molecule has 0 spiro atoms. The second kappa shape index (κ2) is 4.85. The van der Waals surface area contributed by atoms with Crippen molar-refractivity contribution in [3.63, 3.8) is 0 Å². The number of rotatable bonds is 3. The normalized spacial score (nSPS) is 13.8. The average Bonchev–Trinajstić information content (AvgIpc) is 3.02. The Morgan fingerprint density at radius 1 is 1.30 bits per heavy atom. The highest BCUT2D eigenvalue weighted by atomic mass is 16.5. The Balaban J connectivity index is 1.74. The summed E-state index contributed by atoms with van der Waals surface area (Å²) in [6.07, 6.45) is 3.91. The lowest BCUT2D eigenvalue weighted by molar-refractivity contribution is -0.711. The number of fused-ring (bicyclic) bond motifs is 1. The fraction of sp³-hybridized carbons (Fsp3) is 0.200.